The fourth-order valence-corrected chi connectivity index (χ4v) is 4.51. The number of thiophene rings is 1. The molecular formula is C23H24N2O2S. The molecule has 1 fully saturated rings. The van der Waals surface area contributed by atoms with Gasteiger partial charge in [0.05, 0.1) is 16.8 Å². The van der Waals surface area contributed by atoms with E-state index in [1.165, 1.54) is 22.1 Å². The topological polar surface area (TPSA) is 49.4 Å². The second-order valence-corrected chi connectivity index (χ2v) is 8.35. The summed E-state index contributed by atoms with van der Waals surface area (Å²) in [6.07, 6.45) is 1.68. The molecule has 3 aromatic rings. The van der Waals surface area contributed by atoms with E-state index in [0.717, 1.165) is 29.8 Å². The number of benzene rings is 2. The number of piperidine rings is 1. The molecule has 28 heavy (non-hydrogen) atoms. The molecule has 2 amide bonds. The Morgan fingerprint density at radius 2 is 1.93 bits per heavy atom. The molecule has 5 heteroatoms. The van der Waals surface area contributed by atoms with Crippen LogP contribution in [0.4, 0.5) is 0 Å². The van der Waals surface area contributed by atoms with E-state index in [2.05, 4.69) is 35.6 Å². The Balaban J connectivity index is 1.41. The van der Waals surface area contributed by atoms with Gasteiger partial charge in [0.1, 0.15) is 0 Å². The standard InChI is InChI=1S/C23H24N2O2S/c1-16(18-11-10-17-6-2-3-7-19(17)14-18)24-22(26)20-8-4-12-25(15-20)23(27)21-9-5-13-28-21/h2-3,5-7,9-11,13-14,16,20H,4,8,12,15H2,1H3,(H,24,26)/t16-,20-/m0/s1. The van der Waals surface area contributed by atoms with Crippen molar-refractivity contribution in [3.63, 3.8) is 0 Å². The van der Waals surface area contributed by atoms with Crippen LogP contribution in [0.5, 0.6) is 0 Å². The van der Waals surface area contributed by atoms with Gasteiger partial charge >= 0.3 is 0 Å². The van der Waals surface area contributed by atoms with Crippen molar-refractivity contribution >= 4 is 33.9 Å². The Hall–Kier alpha value is -2.66. The maximum Gasteiger partial charge on any atom is 0.263 e. The van der Waals surface area contributed by atoms with E-state index in [0.29, 0.717) is 6.54 Å². The van der Waals surface area contributed by atoms with Crippen LogP contribution in [-0.2, 0) is 4.79 Å². The second kappa shape index (κ2) is 8.15. The van der Waals surface area contributed by atoms with Crippen LogP contribution in [0.2, 0.25) is 0 Å². The first-order valence-corrected chi connectivity index (χ1v) is 10.6. The Morgan fingerprint density at radius 1 is 1.11 bits per heavy atom. The number of likely N-dealkylation sites (tertiary alicyclic amines) is 1. The van der Waals surface area contributed by atoms with Crippen molar-refractivity contribution in [3.8, 4) is 0 Å². The van der Waals surface area contributed by atoms with Gasteiger partial charge in [0.25, 0.3) is 5.91 Å². The highest BCUT2D eigenvalue weighted by Crippen LogP contribution is 2.23. The van der Waals surface area contributed by atoms with Crippen LogP contribution in [-0.4, -0.2) is 29.8 Å². The maximum absolute atomic E-state index is 12.9. The minimum absolute atomic E-state index is 0.0318. The third-order valence-corrected chi connectivity index (χ3v) is 6.30. The van der Waals surface area contributed by atoms with Crippen LogP contribution in [0.1, 0.15) is 41.0 Å². The molecule has 0 radical (unpaired) electrons. The van der Waals surface area contributed by atoms with Gasteiger partial charge in [-0.15, -0.1) is 11.3 Å². The predicted octanol–water partition coefficient (Wildman–Crippen LogP) is 4.63. The quantitative estimate of drug-likeness (QED) is 0.704. The van der Waals surface area contributed by atoms with E-state index in [-0.39, 0.29) is 23.8 Å². The monoisotopic (exact) mass is 392 g/mol. The number of fused-ring (bicyclic) bond motifs is 1. The average molecular weight is 393 g/mol. The molecule has 2 atom stereocenters. The van der Waals surface area contributed by atoms with Crippen LogP contribution in [0, 0.1) is 5.92 Å². The summed E-state index contributed by atoms with van der Waals surface area (Å²) in [5, 5.41) is 7.43. The highest BCUT2D eigenvalue weighted by atomic mass is 32.1. The Kier molecular flexibility index (Phi) is 5.44. The molecule has 0 spiro atoms. The lowest BCUT2D eigenvalue weighted by atomic mass is 9.96. The fourth-order valence-electron chi connectivity index (χ4n) is 3.82. The first-order chi connectivity index (χ1) is 13.6. The Bertz CT molecular complexity index is 983. The van der Waals surface area contributed by atoms with Gasteiger partial charge in [0.2, 0.25) is 5.91 Å². The first kappa shape index (κ1) is 18.7. The summed E-state index contributed by atoms with van der Waals surface area (Å²) < 4.78 is 0. The van der Waals surface area contributed by atoms with Gasteiger partial charge in [-0.2, -0.15) is 0 Å². The molecule has 144 valence electrons. The number of nitrogens with one attached hydrogen (secondary N) is 1. The van der Waals surface area contributed by atoms with Gasteiger partial charge < -0.3 is 10.2 Å². The molecule has 1 saturated heterocycles. The lowest BCUT2D eigenvalue weighted by Gasteiger charge is -2.32. The summed E-state index contributed by atoms with van der Waals surface area (Å²) >= 11 is 1.45. The lowest BCUT2D eigenvalue weighted by Crippen LogP contribution is -2.45. The molecule has 1 aromatic heterocycles. The second-order valence-electron chi connectivity index (χ2n) is 7.40. The van der Waals surface area contributed by atoms with Gasteiger partial charge in [0.15, 0.2) is 0 Å². The minimum Gasteiger partial charge on any atom is -0.349 e. The molecule has 4 nitrogen and oxygen atoms in total. The van der Waals surface area contributed by atoms with Crippen molar-refractivity contribution in [1.29, 1.82) is 0 Å². The van der Waals surface area contributed by atoms with Crippen molar-refractivity contribution in [2.75, 3.05) is 13.1 Å². The van der Waals surface area contributed by atoms with Crippen molar-refractivity contribution in [2.24, 2.45) is 5.92 Å². The number of nitrogens with zero attached hydrogens (tertiary/aromatic N) is 1. The van der Waals surface area contributed by atoms with E-state index in [1.807, 2.05) is 41.5 Å². The number of hydrogen-bond donors (Lipinski definition) is 1. The molecule has 0 unspecified atom stereocenters. The molecule has 2 heterocycles. The van der Waals surface area contributed by atoms with Crippen LogP contribution in [0.25, 0.3) is 10.8 Å². The molecule has 1 aliphatic heterocycles. The highest BCUT2D eigenvalue weighted by molar-refractivity contribution is 7.12. The third kappa shape index (κ3) is 3.94. The van der Waals surface area contributed by atoms with E-state index >= 15 is 0 Å². The zero-order valence-electron chi connectivity index (χ0n) is 15.9. The summed E-state index contributed by atoms with van der Waals surface area (Å²) in [5.74, 6) is -0.0833. The molecule has 0 bridgehead atoms. The molecule has 0 aliphatic carbocycles. The molecule has 0 saturated carbocycles. The highest BCUT2D eigenvalue weighted by Gasteiger charge is 2.29. The zero-order chi connectivity index (χ0) is 19.5. The zero-order valence-corrected chi connectivity index (χ0v) is 16.7. The van der Waals surface area contributed by atoms with Gasteiger partial charge in [-0.05, 0) is 53.6 Å². The normalized spacial score (nSPS) is 18.0. The lowest BCUT2D eigenvalue weighted by molar-refractivity contribution is -0.127. The first-order valence-electron chi connectivity index (χ1n) is 9.73. The molecular weight excluding hydrogens is 368 g/mol. The molecule has 2 aromatic carbocycles. The molecule has 1 aliphatic rings. The molecule has 1 N–H and O–H groups in total. The number of amides is 2. The Labute approximate surface area is 169 Å². The van der Waals surface area contributed by atoms with Crippen LogP contribution < -0.4 is 5.32 Å². The third-order valence-electron chi connectivity index (χ3n) is 5.44. The van der Waals surface area contributed by atoms with Gasteiger partial charge in [-0.1, -0.05) is 42.5 Å². The number of carbonyl (C=O) groups is 2. The van der Waals surface area contributed by atoms with Crippen molar-refractivity contribution in [2.45, 2.75) is 25.8 Å². The van der Waals surface area contributed by atoms with Gasteiger partial charge in [-0.25, -0.2) is 0 Å². The van der Waals surface area contributed by atoms with Crippen molar-refractivity contribution in [1.82, 2.24) is 10.2 Å². The Morgan fingerprint density at radius 3 is 2.71 bits per heavy atom. The summed E-state index contributed by atoms with van der Waals surface area (Å²) in [6.45, 7) is 3.23. The number of hydrogen-bond acceptors (Lipinski definition) is 3. The summed E-state index contributed by atoms with van der Waals surface area (Å²) in [4.78, 5) is 28.0. The van der Waals surface area contributed by atoms with Gasteiger partial charge in [0, 0.05) is 13.1 Å². The minimum atomic E-state index is -0.152. The van der Waals surface area contributed by atoms with E-state index in [1.54, 1.807) is 0 Å². The van der Waals surface area contributed by atoms with Crippen molar-refractivity contribution < 1.29 is 9.59 Å². The smallest absolute Gasteiger partial charge is 0.263 e. The van der Waals surface area contributed by atoms with Crippen LogP contribution in [0.15, 0.2) is 60.0 Å². The van der Waals surface area contributed by atoms with E-state index < -0.39 is 0 Å². The maximum atomic E-state index is 12.9. The van der Waals surface area contributed by atoms with Crippen molar-refractivity contribution in [3.05, 3.63) is 70.4 Å². The van der Waals surface area contributed by atoms with Crippen LogP contribution in [0.3, 0.4) is 0 Å². The number of rotatable bonds is 4. The average Bonchev–Trinajstić information content (AvgIpc) is 3.27. The summed E-state index contributed by atoms with van der Waals surface area (Å²) in [6, 6.07) is 18.2. The summed E-state index contributed by atoms with van der Waals surface area (Å²) in [5.41, 5.74) is 1.09. The fraction of sp³-hybridized carbons (Fsp3) is 0.304. The van der Waals surface area contributed by atoms with E-state index in [9.17, 15) is 9.59 Å². The SMILES string of the molecule is C[C@H](NC(=O)[C@H]1CCCN(C(=O)c2cccs2)C1)c1ccc2ccccc2c1. The molecule has 4 rings (SSSR count). The predicted molar refractivity (Wildman–Crippen MR) is 113 cm³/mol. The van der Waals surface area contributed by atoms with Crippen LogP contribution >= 0.6 is 11.3 Å². The van der Waals surface area contributed by atoms with Gasteiger partial charge in [-0.3, -0.25) is 9.59 Å². The summed E-state index contributed by atoms with van der Waals surface area (Å²) in [7, 11) is 0. The largest absolute Gasteiger partial charge is 0.349 e. The van der Waals surface area contributed by atoms with E-state index in [4.69, 9.17) is 0 Å². The number of carbonyl (C=O) groups excluding carboxylic acids is 2.